The van der Waals surface area contributed by atoms with Crippen LogP contribution in [0.5, 0.6) is 0 Å². The van der Waals surface area contributed by atoms with E-state index >= 15 is 0 Å². The Morgan fingerprint density at radius 3 is 2.72 bits per heavy atom. The number of nitrogens with two attached hydrogens (primary N) is 1. The number of primary amides is 1. The molecule has 0 radical (unpaired) electrons. The fourth-order valence-electron chi connectivity index (χ4n) is 4.19. The molecule has 2 N–H and O–H groups in total. The largest absolute Gasteiger partial charge is 0.369 e. The van der Waals surface area contributed by atoms with Crippen LogP contribution in [0.3, 0.4) is 0 Å². The van der Waals surface area contributed by atoms with E-state index in [1.165, 1.54) is 4.88 Å². The topological polar surface area (TPSA) is 81.2 Å². The molecule has 1 aliphatic heterocycles. The van der Waals surface area contributed by atoms with Crippen LogP contribution in [-0.4, -0.2) is 39.6 Å². The first kappa shape index (κ1) is 19.4. The van der Waals surface area contributed by atoms with Gasteiger partial charge in [0.15, 0.2) is 0 Å². The molecule has 2 amide bonds. The van der Waals surface area contributed by atoms with Crippen molar-refractivity contribution in [2.75, 3.05) is 13.1 Å². The first-order valence-corrected chi connectivity index (χ1v) is 10.6. The smallest absolute Gasteiger partial charge is 0.272 e. The second-order valence-electron chi connectivity index (χ2n) is 7.63. The average molecular weight is 409 g/mol. The van der Waals surface area contributed by atoms with Crippen LogP contribution >= 0.6 is 11.3 Å². The number of hydrogen-bond acceptors (Lipinski definition) is 4. The maximum atomic E-state index is 13.0. The van der Waals surface area contributed by atoms with E-state index in [1.807, 2.05) is 23.6 Å². The summed E-state index contributed by atoms with van der Waals surface area (Å²) in [6.45, 7) is 0.941. The number of nitrogens with zero attached hydrogens (tertiary/aromatic N) is 3. The van der Waals surface area contributed by atoms with E-state index < -0.39 is 5.41 Å². The Morgan fingerprint density at radius 1 is 1.21 bits per heavy atom. The lowest BCUT2D eigenvalue weighted by Gasteiger charge is -2.41. The summed E-state index contributed by atoms with van der Waals surface area (Å²) >= 11 is 1.67. The fourth-order valence-corrected chi connectivity index (χ4v) is 4.98. The van der Waals surface area contributed by atoms with Crippen molar-refractivity contribution >= 4 is 23.2 Å². The third-order valence-electron chi connectivity index (χ3n) is 5.76. The van der Waals surface area contributed by atoms with E-state index in [2.05, 4.69) is 23.3 Å². The summed E-state index contributed by atoms with van der Waals surface area (Å²) in [5.41, 5.74) is 7.89. The van der Waals surface area contributed by atoms with Crippen molar-refractivity contribution in [1.82, 2.24) is 14.7 Å². The Bertz CT molecular complexity index is 1030. The summed E-state index contributed by atoms with van der Waals surface area (Å²) in [7, 11) is 1.75. The van der Waals surface area contributed by atoms with Crippen LogP contribution in [0.4, 0.5) is 0 Å². The van der Waals surface area contributed by atoms with Gasteiger partial charge in [0.2, 0.25) is 5.91 Å². The molecular weight excluding hydrogens is 384 g/mol. The molecule has 29 heavy (non-hydrogen) atoms. The molecule has 3 heterocycles. The Labute approximate surface area is 173 Å². The zero-order valence-corrected chi connectivity index (χ0v) is 17.2. The molecule has 1 unspecified atom stereocenters. The third kappa shape index (κ3) is 3.70. The summed E-state index contributed by atoms with van der Waals surface area (Å²) in [5.74, 6) is -0.456. The third-order valence-corrected chi connectivity index (χ3v) is 6.66. The highest BCUT2D eigenvalue weighted by atomic mass is 32.1. The van der Waals surface area contributed by atoms with Crippen LogP contribution in [0.15, 0.2) is 54.0 Å². The highest BCUT2D eigenvalue weighted by Crippen LogP contribution is 2.38. The summed E-state index contributed by atoms with van der Waals surface area (Å²) in [6, 6.07) is 13.9. The zero-order valence-electron chi connectivity index (χ0n) is 16.4. The van der Waals surface area contributed by atoms with E-state index in [1.54, 1.807) is 40.2 Å². The number of hydrogen-bond donors (Lipinski definition) is 1. The fraction of sp³-hybridized carbons (Fsp3) is 0.318. The van der Waals surface area contributed by atoms with Gasteiger partial charge in [-0.25, -0.2) is 0 Å². The summed E-state index contributed by atoms with van der Waals surface area (Å²) in [5, 5.41) is 6.14. The van der Waals surface area contributed by atoms with Crippen LogP contribution < -0.4 is 5.73 Å². The van der Waals surface area contributed by atoms with Gasteiger partial charge in [-0.2, -0.15) is 5.10 Å². The number of carbonyl (C=O) groups excluding carboxylic acids is 2. The van der Waals surface area contributed by atoms with Gasteiger partial charge in [0.1, 0.15) is 5.69 Å². The molecule has 3 aromatic rings. The molecule has 7 heteroatoms. The Kier molecular flexibility index (Phi) is 5.24. The molecule has 0 saturated carbocycles. The number of amides is 2. The number of rotatable bonds is 5. The maximum absolute atomic E-state index is 13.0. The molecule has 6 nitrogen and oxygen atoms in total. The van der Waals surface area contributed by atoms with Gasteiger partial charge in [0.05, 0.1) is 5.41 Å². The van der Waals surface area contributed by atoms with Gasteiger partial charge >= 0.3 is 0 Å². The van der Waals surface area contributed by atoms with Gasteiger partial charge in [0, 0.05) is 31.2 Å². The summed E-state index contributed by atoms with van der Waals surface area (Å²) in [6.07, 6.45) is 3.55. The van der Waals surface area contributed by atoms with Crippen molar-refractivity contribution in [3.05, 3.63) is 65.3 Å². The SMILES string of the molecule is Cn1nccc1C(=O)N1CCCC(Cc2ccccc2-c2cccs2)(C(N)=O)C1. The summed E-state index contributed by atoms with van der Waals surface area (Å²) < 4.78 is 1.56. The minimum atomic E-state index is -0.778. The molecule has 1 aromatic carbocycles. The van der Waals surface area contributed by atoms with Crippen molar-refractivity contribution in [3.8, 4) is 10.4 Å². The Balaban J connectivity index is 1.65. The Morgan fingerprint density at radius 2 is 2.03 bits per heavy atom. The van der Waals surface area contributed by atoms with Crippen molar-refractivity contribution < 1.29 is 9.59 Å². The monoisotopic (exact) mass is 408 g/mol. The van der Waals surface area contributed by atoms with Crippen molar-refractivity contribution in [2.45, 2.75) is 19.3 Å². The van der Waals surface area contributed by atoms with Crippen LogP contribution in [0.1, 0.15) is 28.9 Å². The predicted molar refractivity (Wildman–Crippen MR) is 113 cm³/mol. The zero-order chi connectivity index (χ0) is 20.4. The van der Waals surface area contributed by atoms with Crippen molar-refractivity contribution in [3.63, 3.8) is 0 Å². The lowest BCUT2D eigenvalue weighted by atomic mass is 9.73. The number of aromatic nitrogens is 2. The molecule has 1 atom stereocenters. The molecule has 1 aliphatic rings. The molecule has 0 aliphatic carbocycles. The van der Waals surface area contributed by atoms with E-state index in [9.17, 15) is 9.59 Å². The minimum Gasteiger partial charge on any atom is -0.369 e. The van der Waals surface area contributed by atoms with Gasteiger partial charge in [-0.05, 0) is 47.9 Å². The van der Waals surface area contributed by atoms with Crippen LogP contribution in [-0.2, 0) is 18.3 Å². The molecule has 1 saturated heterocycles. The van der Waals surface area contributed by atoms with E-state index in [4.69, 9.17) is 5.73 Å². The van der Waals surface area contributed by atoms with E-state index in [0.717, 1.165) is 17.5 Å². The Hall–Kier alpha value is -2.93. The van der Waals surface area contributed by atoms with E-state index in [0.29, 0.717) is 31.6 Å². The molecular formula is C22H24N4O2S. The lowest BCUT2D eigenvalue weighted by molar-refractivity contribution is -0.130. The number of carbonyl (C=O) groups is 2. The molecule has 0 spiro atoms. The van der Waals surface area contributed by atoms with Crippen molar-refractivity contribution in [1.29, 1.82) is 0 Å². The van der Waals surface area contributed by atoms with Crippen LogP contribution in [0, 0.1) is 5.41 Å². The maximum Gasteiger partial charge on any atom is 0.272 e. The highest BCUT2D eigenvalue weighted by Gasteiger charge is 2.43. The minimum absolute atomic E-state index is 0.109. The second-order valence-corrected chi connectivity index (χ2v) is 8.57. The van der Waals surface area contributed by atoms with Gasteiger partial charge in [-0.1, -0.05) is 30.3 Å². The molecule has 150 valence electrons. The highest BCUT2D eigenvalue weighted by molar-refractivity contribution is 7.13. The van der Waals surface area contributed by atoms with Crippen molar-refractivity contribution in [2.24, 2.45) is 18.2 Å². The molecule has 0 bridgehead atoms. The lowest BCUT2D eigenvalue weighted by Crippen LogP contribution is -2.53. The molecule has 4 rings (SSSR count). The van der Waals surface area contributed by atoms with Crippen LogP contribution in [0.2, 0.25) is 0 Å². The van der Waals surface area contributed by atoms with Gasteiger partial charge in [0.25, 0.3) is 5.91 Å². The summed E-state index contributed by atoms with van der Waals surface area (Å²) in [4.78, 5) is 28.6. The number of benzene rings is 1. The van der Waals surface area contributed by atoms with Crippen LogP contribution in [0.25, 0.3) is 10.4 Å². The normalized spacial score (nSPS) is 19.3. The standard InChI is InChI=1S/C22H24N4O2S/c1-25-18(9-11-24-25)20(27)26-12-5-10-22(15-26,21(23)28)14-16-6-2-3-7-17(16)19-8-4-13-29-19/h2-4,6-9,11,13H,5,10,12,14-15H2,1H3,(H2,23,28). The van der Waals surface area contributed by atoms with Gasteiger partial charge in [-0.3, -0.25) is 14.3 Å². The first-order chi connectivity index (χ1) is 14.0. The number of aryl methyl sites for hydroxylation is 1. The first-order valence-electron chi connectivity index (χ1n) is 9.69. The van der Waals surface area contributed by atoms with Gasteiger partial charge < -0.3 is 10.6 Å². The number of thiophene rings is 1. The van der Waals surface area contributed by atoms with E-state index in [-0.39, 0.29) is 11.8 Å². The number of piperidine rings is 1. The second kappa shape index (κ2) is 7.83. The molecule has 2 aromatic heterocycles. The quantitative estimate of drug-likeness (QED) is 0.704. The number of likely N-dealkylation sites (tertiary alicyclic amines) is 1. The molecule has 1 fully saturated rings. The van der Waals surface area contributed by atoms with Gasteiger partial charge in [-0.15, -0.1) is 11.3 Å². The average Bonchev–Trinajstić information content (AvgIpc) is 3.40. The predicted octanol–water partition coefficient (Wildman–Crippen LogP) is 3.10.